The first-order valence-corrected chi connectivity index (χ1v) is 8.26. The second kappa shape index (κ2) is 6.93. The number of para-hydroxylation sites is 1. The summed E-state index contributed by atoms with van der Waals surface area (Å²) in [7, 11) is 0. The summed E-state index contributed by atoms with van der Waals surface area (Å²) in [6, 6.07) is 7.82. The van der Waals surface area contributed by atoms with Crippen molar-refractivity contribution in [3.63, 3.8) is 0 Å². The number of nitrogens with one attached hydrogen (secondary N) is 2. The van der Waals surface area contributed by atoms with Gasteiger partial charge in [0.15, 0.2) is 0 Å². The minimum absolute atomic E-state index is 0.0649. The number of hydrogen-bond acceptors (Lipinski definition) is 4. The molecule has 130 valence electrons. The third-order valence-corrected chi connectivity index (χ3v) is 4.44. The van der Waals surface area contributed by atoms with Gasteiger partial charge in [0.05, 0.1) is 6.54 Å². The van der Waals surface area contributed by atoms with Crippen molar-refractivity contribution >= 4 is 16.9 Å². The lowest BCUT2D eigenvalue weighted by molar-refractivity contribution is -0.121. The fourth-order valence-electron chi connectivity index (χ4n) is 3.02. The molecule has 3 rings (SSSR count). The smallest absolute Gasteiger partial charge is 0.345 e. The van der Waals surface area contributed by atoms with Crippen LogP contribution in [-0.2, 0) is 17.8 Å². The number of furan rings is 1. The van der Waals surface area contributed by atoms with Crippen LogP contribution in [0.2, 0.25) is 0 Å². The summed E-state index contributed by atoms with van der Waals surface area (Å²) < 4.78 is 5.80. The van der Waals surface area contributed by atoms with E-state index in [2.05, 4.69) is 15.3 Å². The Balaban J connectivity index is 1.61. The van der Waals surface area contributed by atoms with Crippen LogP contribution < -0.4 is 11.0 Å². The van der Waals surface area contributed by atoms with E-state index in [9.17, 15) is 9.59 Å². The average Bonchev–Trinajstić information content (AvgIpc) is 2.88. The highest BCUT2D eigenvalue weighted by Crippen LogP contribution is 2.24. The Morgan fingerprint density at radius 2 is 2.00 bits per heavy atom. The van der Waals surface area contributed by atoms with E-state index in [1.54, 1.807) is 6.92 Å². The number of carbonyl (C=O) groups excluding carboxylic acids is 1. The number of aromatic amines is 1. The normalized spacial score (nSPS) is 11.0. The van der Waals surface area contributed by atoms with Crippen molar-refractivity contribution in [2.45, 2.75) is 40.2 Å². The number of fused-ring (bicyclic) bond motifs is 1. The van der Waals surface area contributed by atoms with E-state index in [0.717, 1.165) is 33.6 Å². The van der Waals surface area contributed by atoms with E-state index >= 15 is 0 Å². The molecule has 0 saturated carbocycles. The Bertz CT molecular complexity index is 959. The van der Waals surface area contributed by atoms with E-state index in [-0.39, 0.29) is 11.6 Å². The molecule has 0 aliphatic carbocycles. The molecule has 0 fully saturated rings. The molecule has 0 bridgehead atoms. The molecule has 6 heteroatoms. The van der Waals surface area contributed by atoms with Crippen molar-refractivity contribution in [1.82, 2.24) is 15.3 Å². The number of hydrogen-bond donors (Lipinski definition) is 2. The van der Waals surface area contributed by atoms with Gasteiger partial charge in [0.1, 0.15) is 11.3 Å². The van der Waals surface area contributed by atoms with Gasteiger partial charge in [0.25, 0.3) is 0 Å². The van der Waals surface area contributed by atoms with Crippen LogP contribution in [0.1, 0.15) is 34.7 Å². The van der Waals surface area contributed by atoms with Gasteiger partial charge < -0.3 is 14.7 Å². The topological polar surface area (TPSA) is 88.0 Å². The second-order valence-corrected chi connectivity index (χ2v) is 6.15. The minimum atomic E-state index is -0.358. The van der Waals surface area contributed by atoms with Gasteiger partial charge in [-0.05, 0) is 38.8 Å². The van der Waals surface area contributed by atoms with Crippen molar-refractivity contribution in [1.29, 1.82) is 0 Å². The monoisotopic (exact) mass is 339 g/mol. The van der Waals surface area contributed by atoms with E-state index < -0.39 is 0 Å². The highest BCUT2D eigenvalue weighted by Gasteiger charge is 2.12. The van der Waals surface area contributed by atoms with Gasteiger partial charge in [-0.3, -0.25) is 4.79 Å². The standard InChI is InChI=1S/C19H21N3O3/c1-11-14-6-4-5-7-16(14)25-17(11)10-20-18(23)9-8-15-12(2)21-19(24)22-13(15)3/h4-7H,8-10H2,1-3H3,(H,20,23)(H,21,22,24). The van der Waals surface area contributed by atoms with Gasteiger partial charge in [0, 0.05) is 28.8 Å². The molecule has 3 aromatic rings. The van der Waals surface area contributed by atoms with Crippen molar-refractivity contribution < 1.29 is 9.21 Å². The lowest BCUT2D eigenvalue weighted by atomic mass is 10.1. The van der Waals surface area contributed by atoms with Crippen LogP contribution in [0, 0.1) is 20.8 Å². The number of amides is 1. The zero-order valence-electron chi connectivity index (χ0n) is 14.6. The second-order valence-electron chi connectivity index (χ2n) is 6.15. The molecule has 0 atom stereocenters. The lowest BCUT2D eigenvalue weighted by Gasteiger charge is -2.08. The molecule has 0 radical (unpaired) electrons. The molecule has 0 aliphatic rings. The number of H-pyrrole nitrogens is 1. The predicted octanol–water partition coefficient (Wildman–Crippen LogP) is 2.69. The summed E-state index contributed by atoms with van der Waals surface area (Å²) in [6.45, 7) is 5.96. The summed E-state index contributed by atoms with van der Waals surface area (Å²) >= 11 is 0. The first-order valence-electron chi connectivity index (χ1n) is 8.26. The van der Waals surface area contributed by atoms with Crippen LogP contribution in [0.3, 0.4) is 0 Å². The van der Waals surface area contributed by atoms with E-state index in [0.29, 0.717) is 25.1 Å². The van der Waals surface area contributed by atoms with Crippen LogP contribution in [0.15, 0.2) is 33.5 Å². The molecular formula is C19H21N3O3. The summed E-state index contributed by atoms with van der Waals surface area (Å²) in [6.07, 6.45) is 0.862. The number of aromatic nitrogens is 2. The molecule has 2 heterocycles. The molecule has 0 aliphatic heterocycles. The highest BCUT2D eigenvalue weighted by atomic mass is 16.3. The van der Waals surface area contributed by atoms with E-state index in [1.165, 1.54) is 0 Å². The quantitative estimate of drug-likeness (QED) is 0.748. The predicted molar refractivity (Wildman–Crippen MR) is 95.5 cm³/mol. The molecular weight excluding hydrogens is 318 g/mol. The summed E-state index contributed by atoms with van der Waals surface area (Å²) in [5, 5.41) is 3.96. The zero-order valence-corrected chi connectivity index (χ0v) is 14.6. The SMILES string of the molecule is Cc1nc(=O)[nH]c(C)c1CCC(=O)NCc1oc2ccccc2c1C. The Morgan fingerprint density at radius 1 is 1.24 bits per heavy atom. The fraction of sp³-hybridized carbons (Fsp3) is 0.316. The average molecular weight is 339 g/mol. The fourth-order valence-corrected chi connectivity index (χ4v) is 3.02. The molecule has 0 saturated heterocycles. The molecule has 1 aromatic carbocycles. The number of benzene rings is 1. The summed E-state index contributed by atoms with van der Waals surface area (Å²) in [4.78, 5) is 30.0. The number of nitrogens with zero attached hydrogens (tertiary/aromatic N) is 1. The third kappa shape index (κ3) is 3.63. The van der Waals surface area contributed by atoms with Crippen molar-refractivity contribution in [2.75, 3.05) is 0 Å². The third-order valence-electron chi connectivity index (χ3n) is 4.44. The molecule has 25 heavy (non-hydrogen) atoms. The Hall–Kier alpha value is -2.89. The maximum absolute atomic E-state index is 12.2. The number of rotatable bonds is 5. The van der Waals surface area contributed by atoms with Crippen LogP contribution in [-0.4, -0.2) is 15.9 Å². The van der Waals surface area contributed by atoms with Crippen LogP contribution in [0.4, 0.5) is 0 Å². The first kappa shape index (κ1) is 17.0. The van der Waals surface area contributed by atoms with Crippen LogP contribution in [0.5, 0.6) is 0 Å². The lowest BCUT2D eigenvalue weighted by Crippen LogP contribution is -2.24. The van der Waals surface area contributed by atoms with E-state index in [4.69, 9.17) is 4.42 Å². The minimum Gasteiger partial charge on any atom is -0.459 e. The Kier molecular flexibility index (Phi) is 4.70. The van der Waals surface area contributed by atoms with Crippen molar-refractivity contribution in [3.05, 3.63) is 63.0 Å². The Labute approximate surface area is 145 Å². The molecule has 2 N–H and O–H groups in total. The van der Waals surface area contributed by atoms with Gasteiger partial charge in [0.2, 0.25) is 5.91 Å². The first-order chi connectivity index (χ1) is 12.0. The molecule has 0 spiro atoms. The molecule has 2 aromatic heterocycles. The van der Waals surface area contributed by atoms with Gasteiger partial charge in [-0.25, -0.2) is 4.79 Å². The molecule has 6 nitrogen and oxygen atoms in total. The van der Waals surface area contributed by atoms with Crippen LogP contribution >= 0.6 is 0 Å². The number of aryl methyl sites for hydroxylation is 3. The highest BCUT2D eigenvalue weighted by molar-refractivity contribution is 5.82. The summed E-state index contributed by atoms with van der Waals surface area (Å²) in [5.41, 5.74) is 3.86. The van der Waals surface area contributed by atoms with Gasteiger partial charge in [-0.15, -0.1) is 0 Å². The van der Waals surface area contributed by atoms with Crippen molar-refractivity contribution in [3.8, 4) is 0 Å². The summed E-state index contributed by atoms with van der Waals surface area (Å²) in [5.74, 6) is 0.706. The molecule has 1 amide bonds. The van der Waals surface area contributed by atoms with Crippen molar-refractivity contribution in [2.24, 2.45) is 0 Å². The van der Waals surface area contributed by atoms with Gasteiger partial charge in [-0.1, -0.05) is 18.2 Å². The van der Waals surface area contributed by atoms with Crippen LogP contribution in [0.25, 0.3) is 11.0 Å². The molecule has 0 unspecified atom stereocenters. The number of carbonyl (C=O) groups is 1. The maximum atomic E-state index is 12.2. The maximum Gasteiger partial charge on any atom is 0.345 e. The largest absolute Gasteiger partial charge is 0.459 e. The van der Waals surface area contributed by atoms with Gasteiger partial charge in [-0.2, -0.15) is 4.98 Å². The van der Waals surface area contributed by atoms with E-state index in [1.807, 2.05) is 38.1 Å². The Morgan fingerprint density at radius 3 is 2.72 bits per heavy atom. The zero-order chi connectivity index (χ0) is 18.0. The van der Waals surface area contributed by atoms with Gasteiger partial charge >= 0.3 is 5.69 Å².